The van der Waals surface area contributed by atoms with Crippen LogP contribution in [0.2, 0.25) is 0 Å². The van der Waals surface area contributed by atoms with Gasteiger partial charge in [-0.1, -0.05) is 20.8 Å². The zero-order chi connectivity index (χ0) is 16.1. The van der Waals surface area contributed by atoms with E-state index >= 15 is 0 Å². The van der Waals surface area contributed by atoms with Gasteiger partial charge in [0.15, 0.2) is 0 Å². The number of rotatable bonds is 4. The van der Waals surface area contributed by atoms with Crippen LogP contribution in [-0.2, 0) is 6.42 Å². The number of nitrogens with zero attached hydrogens (tertiary/aromatic N) is 3. The van der Waals surface area contributed by atoms with E-state index in [1.165, 1.54) is 0 Å². The quantitative estimate of drug-likeness (QED) is 0.776. The molecule has 1 saturated carbocycles. The van der Waals surface area contributed by atoms with E-state index in [9.17, 15) is 0 Å². The Bertz CT molecular complexity index is 552. The summed E-state index contributed by atoms with van der Waals surface area (Å²) in [5.74, 6) is 3.24. The zero-order valence-corrected chi connectivity index (χ0v) is 14.1. The Morgan fingerprint density at radius 3 is 2.36 bits per heavy atom. The Labute approximate surface area is 132 Å². The van der Waals surface area contributed by atoms with E-state index in [0.717, 1.165) is 49.1 Å². The topological polar surface area (TPSA) is 93.1 Å². The lowest BCUT2D eigenvalue weighted by Gasteiger charge is -2.26. The molecule has 0 amide bonds. The maximum absolute atomic E-state index is 6.15. The Kier molecular flexibility index (Phi) is 3.67. The number of piperidine rings is 1. The Morgan fingerprint density at radius 2 is 1.82 bits per heavy atom. The van der Waals surface area contributed by atoms with Crippen molar-refractivity contribution in [3.63, 3.8) is 0 Å². The van der Waals surface area contributed by atoms with Gasteiger partial charge in [0.05, 0.1) is 0 Å². The van der Waals surface area contributed by atoms with Gasteiger partial charge in [-0.25, -0.2) is 0 Å². The maximum atomic E-state index is 6.15. The average molecular weight is 304 g/mol. The number of hydrogen-bond acceptors (Lipinski definition) is 6. The van der Waals surface area contributed by atoms with Crippen LogP contribution < -0.4 is 21.7 Å². The molecular weight excluding hydrogens is 276 g/mol. The molecule has 22 heavy (non-hydrogen) atoms. The third-order valence-electron chi connectivity index (χ3n) is 4.99. The predicted octanol–water partition coefficient (Wildman–Crippen LogP) is 1.27. The molecule has 2 aliphatic rings. The van der Waals surface area contributed by atoms with Gasteiger partial charge in [-0.2, -0.15) is 9.97 Å². The normalized spacial score (nSPS) is 27.1. The van der Waals surface area contributed by atoms with Crippen molar-refractivity contribution in [2.24, 2.45) is 17.3 Å². The first-order valence-electron chi connectivity index (χ1n) is 8.14. The highest BCUT2D eigenvalue weighted by Crippen LogP contribution is 2.47. The molecule has 0 bridgehead atoms. The van der Waals surface area contributed by atoms with Crippen LogP contribution >= 0.6 is 0 Å². The molecule has 1 aromatic rings. The minimum absolute atomic E-state index is 0.259. The molecule has 0 spiro atoms. The van der Waals surface area contributed by atoms with Crippen LogP contribution in [0.3, 0.4) is 0 Å². The highest BCUT2D eigenvalue weighted by Gasteiger charge is 2.55. The molecule has 6 heteroatoms. The third-order valence-corrected chi connectivity index (χ3v) is 4.99. The summed E-state index contributed by atoms with van der Waals surface area (Å²) in [6.07, 6.45) is 1.95. The first-order valence-corrected chi connectivity index (χ1v) is 8.14. The number of nitrogens with two attached hydrogens (primary N) is 2. The van der Waals surface area contributed by atoms with Crippen LogP contribution in [0.1, 0.15) is 32.8 Å². The lowest BCUT2D eigenvalue weighted by molar-refractivity contribution is 0.378. The monoisotopic (exact) mass is 304 g/mol. The second-order valence-corrected chi connectivity index (χ2v) is 7.88. The molecule has 1 unspecified atom stereocenters. The molecule has 3 rings (SSSR count). The molecule has 5 N–H and O–H groups in total. The predicted molar refractivity (Wildman–Crippen MR) is 90.7 cm³/mol. The molecule has 6 nitrogen and oxygen atoms in total. The summed E-state index contributed by atoms with van der Waals surface area (Å²) in [6, 6.07) is 0.672. The van der Waals surface area contributed by atoms with Gasteiger partial charge in [-0.3, -0.25) is 0 Å². The van der Waals surface area contributed by atoms with Gasteiger partial charge >= 0.3 is 0 Å². The Hall–Kier alpha value is -1.56. The number of anilines is 3. The Morgan fingerprint density at radius 1 is 1.18 bits per heavy atom. The minimum atomic E-state index is 0.259. The number of aromatic nitrogens is 2. The minimum Gasteiger partial charge on any atom is -0.383 e. The van der Waals surface area contributed by atoms with E-state index in [1.54, 1.807) is 0 Å². The van der Waals surface area contributed by atoms with Crippen molar-refractivity contribution in [1.29, 1.82) is 0 Å². The van der Waals surface area contributed by atoms with E-state index in [1.807, 2.05) is 7.05 Å². The molecule has 122 valence electrons. The summed E-state index contributed by atoms with van der Waals surface area (Å²) >= 11 is 0. The SMILES string of the molecule is CNC1[C@H]2CN(c3nc(N)nc(N)c3CCC(C)(C)C)C[C@@H]12. The zero-order valence-electron chi connectivity index (χ0n) is 14.1. The molecule has 2 fully saturated rings. The molecule has 1 saturated heterocycles. The second kappa shape index (κ2) is 5.26. The second-order valence-electron chi connectivity index (χ2n) is 7.88. The largest absolute Gasteiger partial charge is 0.383 e. The number of nitrogen functional groups attached to an aromatic ring is 2. The third kappa shape index (κ3) is 2.84. The summed E-state index contributed by atoms with van der Waals surface area (Å²) in [4.78, 5) is 11.0. The van der Waals surface area contributed by atoms with Gasteiger partial charge in [-0.05, 0) is 37.1 Å². The van der Waals surface area contributed by atoms with Gasteiger partial charge < -0.3 is 21.7 Å². The fourth-order valence-electron chi connectivity index (χ4n) is 3.64. The van der Waals surface area contributed by atoms with Crippen LogP contribution in [0.25, 0.3) is 0 Å². The average Bonchev–Trinajstić information content (AvgIpc) is 2.87. The molecule has 0 aromatic carbocycles. The molecule has 1 aliphatic heterocycles. The van der Waals surface area contributed by atoms with Crippen LogP contribution in [-0.4, -0.2) is 36.1 Å². The highest BCUT2D eigenvalue weighted by atomic mass is 15.3. The van der Waals surface area contributed by atoms with Crippen molar-refractivity contribution >= 4 is 17.6 Å². The molecular formula is C16H28N6. The number of fused-ring (bicyclic) bond motifs is 1. The first kappa shape index (κ1) is 15.3. The Balaban J connectivity index is 1.81. The molecule has 0 radical (unpaired) electrons. The smallest absolute Gasteiger partial charge is 0.223 e. The van der Waals surface area contributed by atoms with E-state index < -0.39 is 0 Å². The van der Waals surface area contributed by atoms with E-state index in [2.05, 4.69) is 41.0 Å². The number of hydrogen-bond donors (Lipinski definition) is 3. The fourth-order valence-corrected chi connectivity index (χ4v) is 3.64. The van der Waals surface area contributed by atoms with Crippen molar-refractivity contribution in [2.75, 3.05) is 36.5 Å². The van der Waals surface area contributed by atoms with Crippen molar-refractivity contribution in [1.82, 2.24) is 15.3 Å². The summed E-state index contributed by atoms with van der Waals surface area (Å²) in [5, 5.41) is 3.39. The van der Waals surface area contributed by atoms with Gasteiger partial charge in [0.2, 0.25) is 5.95 Å². The first-order chi connectivity index (χ1) is 10.3. The summed E-state index contributed by atoms with van der Waals surface area (Å²) < 4.78 is 0. The van der Waals surface area contributed by atoms with Gasteiger partial charge in [-0.15, -0.1) is 0 Å². The number of nitrogens with one attached hydrogen (secondary N) is 1. The van der Waals surface area contributed by atoms with E-state index in [-0.39, 0.29) is 11.4 Å². The van der Waals surface area contributed by atoms with Gasteiger partial charge in [0, 0.05) is 24.7 Å². The highest BCUT2D eigenvalue weighted by molar-refractivity contribution is 5.61. The molecule has 1 aromatic heterocycles. The van der Waals surface area contributed by atoms with E-state index in [0.29, 0.717) is 11.9 Å². The van der Waals surface area contributed by atoms with Crippen LogP contribution in [0.4, 0.5) is 17.6 Å². The fraction of sp³-hybridized carbons (Fsp3) is 0.750. The summed E-state index contributed by atoms with van der Waals surface area (Å²) in [5.41, 5.74) is 13.3. The maximum Gasteiger partial charge on any atom is 0.223 e. The van der Waals surface area contributed by atoms with Crippen molar-refractivity contribution in [2.45, 2.75) is 39.7 Å². The van der Waals surface area contributed by atoms with Crippen molar-refractivity contribution < 1.29 is 0 Å². The van der Waals surface area contributed by atoms with Gasteiger partial charge in [0.25, 0.3) is 0 Å². The van der Waals surface area contributed by atoms with Crippen LogP contribution in [0.5, 0.6) is 0 Å². The lowest BCUT2D eigenvalue weighted by Crippen LogP contribution is -2.31. The van der Waals surface area contributed by atoms with Gasteiger partial charge in [0.1, 0.15) is 11.6 Å². The van der Waals surface area contributed by atoms with Crippen LogP contribution in [0, 0.1) is 17.3 Å². The lowest BCUT2D eigenvalue weighted by atomic mass is 9.89. The molecule has 1 aliphatic carbocycles. The van der Waals surface area contributed by atoms with Crippen LogP contribution in [0.15, 0.2) is 0 Å². The van der Waals surface area contributed by atoms with Crippen molar-refractivity contribution in [3.8, 4) is 0 Å². The molecule has 2 heterocycles. The standard InChI is InChI=1S/C16H28N6/c1-16(2,3)6-5-9-13(17)20-15(18)21-14(9)22-7-10-11(8-22)12(10)19-4/h10-12,19H,5-8H2,1-4H3,(H4,17,18,20,21)/t10-,11+,12?. The molecule has 3 atom stereocenters. The van der Waals surface area contributed by atoms with Crippen molar-refractivity contribution in [3.05, 3.63) is 5.56 Å². The summed E-state index contributed by atoms with van der Waals surface area (Å²) in [7, 11) is 2.04. The summed E-state index contributed by atoms with van der Waals surface area (Å²) in [6.45, 7) is 8.79. The van der Waals surface area contributed by atoms with E-state index in [4.69, 9.17) is 11.5 Å².